The summed E-state index contributed by atoms with van der Waals surface area (Å²) in [7, 11) is 1.84. The number of aryl methyl sites for hydroxylation is 2. The molecule has 0 atom stereocenters. The maximum atomic E-state index is 13.3. The Bertz CT molecular complexity index is 1350. The van der Waals surface area contributed by atoms with Gasteiger partial charge in [-0.3, -0.25) is 9.48 Å². The van der Waals surface area contributed by atoms with Crippen LogP contribution in [-0.4, -0.2) is 30.5 Å². The van der Waals surface area contributed by atoms with E-state index in [1.54, 1.807) is 26.9 Å². The molecule has 1 N–H and O–H groups in total. The van der Waals surface area contributed by atoms with E-state index in [9.17, 15) is 4.79 Å². The lowest BCUT2D eigenvalue weighted by Gasteiger charge is -2.10. The van der Waals surface area contributed by atoms with E-state index in [1.807, 2.05) is 74.1 Å². The van der Waals surface area contributed by atoms with Gasteiger partial charge in [0, 0.05) is 25.1 Å². The van der Waals surface area contributed by atoms with E-state index in [0.29, 0.717) is 16.9 Å². The quantitative estimate of drug-likeness (QED) is 0.472. The number of aromatic nitrogens is 5. The molecule has 0 bridgehead atoms. The third-order valence-electron chi connectivity index (χ3n) is 4.86. The average molecular weight is 414 g/mol. The Morgan fingerprint density at radius 1 is 1.13 bits per heavy atom. The summed E-state index contributed by atoms with van der Waals surface area (Å²) >= 11 is 1.59. The molecule has 0 saturated carbocycles. The predicted octanol–water partition coefficient (Wildman–Crippen LogP) is 4.44. The van der Waals surface area contributed by atoms with Gasteiger partial charge in [0.2, 0.25) is 0 Å². The molecule has 1 amide bonds. The number of thiophene rings is 1. The van der Waals surface area contributed by atoms with Crippen LogP contribution in [0, 0.1) is 6.92 Å². The second-order valence-electron chi connectivity index (χ2n) is 6.90. The van der Waals surface area contributed by atoms with Gasteiger partial charge in [-0.1, -0.05) is 12.1 Å². The second-order valence-corrected chi connectivity index (χ2v) is 7.84. The van der Waals surface area contributed by atoms with Gasteiger partial charge in [0.05, 0.1) is 32.9 Å². The van der Waals surface area contributed by atoms with Crippen molar-refractivity contribution in [2.45, 2.75) is 6.92 Å². The molecule has 0 spiro atoms. The van der Waals surface area contributed by atoms with Gasteiger partial charge in [0.25, 0.3) is 5.91 Å². The molecule has 0 aliphatic heterocycles. The highest BCUT2D eigenvalue weighted by Gasteiger charge is 2.20. The molecular formula is C22H18N6OS. The molecular weight excluding hydrogens is 396 g/mol. The third-order valence-corrected chi connectivity index (χ3v) is 5.75. The van der Waals surface area contributed by atoms with E-state index < -0.39 is 0 Å². The van der Waals surface area contributed by atoms with Gasteiger partial charge >= 0.3 is 0 Å². The molecule has 5 rings (SSSR count). The van der Waals surface area contributed by atoms with E-state index in [4.69, 9.17) is 4.98 Å². The van der Waals surface area contributed by atoms with Crippen molar-refractivity contribution in [2.75, 3.05) is 5.32 Å². The zero-order valence-electron chi connectivity index (χ0n) is 16.4. The maximum Gasteiger partial charge on any atom is 0.256 e. The molecule has 0 unspecified atom stereocenters. The summed E-state index contributed by atoms with van der Waals surface area (Å²) in [5.41, 5.74) is 4.34. The van der Waals surface area contributed by atoms with Gasteiger partial charge < -0.3 is 5.32 Å². The summed E-state index contributed by atoms with van der Waals surface area (Å²) in [6, 6.07) is 15.2. The monoisotopic (exact) mass is 414 g/mol. The van der Waals surface area contributed by atoms with Crippen molar-refractivity contribution in [2.24, 2.45) is 7.05 Å². The lowest BCUT2D eigenvalue weighted by atomic mass is 10.1. The first-order valence-corrected chi connectivity index (χ1v) is 10.3. The summed E-state index contributed by atoms with van der Waals surface area (Å²) < 4.78 is 3.47. The van der Waals surface area contributed by atoms with Gasteiger partial charge in [-0.2, -0.15) is 10.2 Å². The Balaban J connectivity index is 1.57. The van der Waals surface area contributed by atoms with E-state index in [0.717, 1.165) is 27.3 Å². The first kappa shape index (κ1) is 18.3. The molecule has 4 aromatic heterocycles. The normalized spacial score (nSPS) is 11.1. The molecule has 7 nitrogen and oxygen atoms in total. The van der Waals surface area contributed by atoms with Crippen LogP contribution >= 0.6 is 11.3 Å². The fourth-order valence-electron chi connectivity index (χ4n) is 3.52. The van der Waals surface area contributed by atoms with Gasteiger partial charge in [-0.25, -0.2) is 9.67 Å². The summed E-state index contributed by atoms with van der Waals surface area (Å²) in [5.74, 6) is -0.200. The second kappa shape index (κ2) is 7.23. The van der Waals surface area contributed by atoms with Gasteiger partial charge in [-0.05, 0) is 48.7 Å². The van der Waals surface area contributed by atoms with Crippen molar-refractivity contribution < 1.29 is 4.79 Å². The number of rotatable bonds is 4. The van der Waals surface area contributed by atoms with Gasteiger partial charge in [0.1, 0.15) is 0 Å². The topological polar surface area (TPSA) is 77.6 Å². The van der Waals surface area contributed by atoms with Crippen LogP contribution < -0.4 is 5.32 Å². The number of fused-ring (bicyclic) bond motifs is 1. The number of anilines is 1. The summed E-state index contributed by atoms with van der Waals surface area (Å²) in [6.45, 7) is 1.89. The maximum absolute atomic E-state index is 13.3. The average Bonchev–Trinajstić information content (AvgIpc) is 3.50. The number of hydrogen-bond donors (Lipinski definition) is 1. The van der Waals surface area contributed by atoms with Crippen LogP contribution in [0.4, 0.5) is 5.69 Å². The Hall–Kier alpha value is -3.78. The Morgan fingerprint density at radius 3 is 2.80 bits per heavy atom. The zero-order chi connectivity index (χ0) is 20.7. The highest BCUT2D eigenvalue weighted by molar-refractivity contribution is 7.13. The predicted molar refractivity (Wildman–Crippen MR) is 118 cm³/mol. The van der Waals surface area contributed by atoms with Crippen LogP contribution in [0.3, 0.4) is 0 Å². The van der Waals surface area contributed by atoms with Crippen molar-refractivity contribution in [1.82, 2.24) is 24.5 Å². The number of hydrogen-bond acceptors (Lipinski definition) is 5. The number of carbonyl (C=O) groups is 1. The highest BCUT2D eigenvalue weighted by atomic mass is 32.1. The molecule has 4 heterocycles. The summed E-state index contributed by atoms with van der Waals surface area (Å²) in [4.78, 5) is 19.1. The molecule has 30 heavy (non-hydrogen) atoms. The van der Waals surface area contributed by atoms with Crippen molar-refractivity contribution in [3.8, 4) is 16.3 Å². The Morgan fingerprint density at radius 2 is 2.03 bits per heavy atom. The summed E-state index contributed by atoms with van der Waals surface area (Å²) in [6.07, 6.45) is 3.58. The van der Waals surface area contributed by atoms with Crippen molar-refractivity contribution in [1.29, 1.82) is 0 Å². The van der Waals surface area contributed by atoms with Crippen LogP contribution in [0.2, 0.25) is 0 Å². The first-order valence-electron chi connectivity index (χ1n) is 9.40. The largest absolute Gasteiger partial charge is 0.322 e. The fraction of sp³-hybridized carbons (Fsp3) is 0.0909. The van der Waals surface area contributed by atoms with Crippen molar-refractivity contribution in [3.05, 3.63) is 77.6 Å². The molecule has 5 aromatic rings. The number of carbonyl (C=O) groups excluding carboxylic acids is 1. The SMILES string of the molecule is Cc1nn(C)c2nc(-c3cccs3)cc(C(=O)Nc3cccc(-n4cccn4)c3)c12. The Labute approximate surface area is 176 Å². The van der Waals surface area contributed by atoms with Gasteiger partial charge in [0.15, 0.2) is 5.65 Å². The molecule has 0 fully saturated rings. The molecule has 8 heteroatoms. The van der Waals surface area contributed by atoms with Crippen LogP contribution in [0.25, 0.3) is 27.3 Å². The van der Waals surface area contributed by atoms with E-state index in [2.05, 4.69) is 15.5 Å². The van der Waals surface area contributed by atoms with E-state index in [-0.39, 0.29) is 5.91 Å². The first-order chi connectivity index (χ1) is 14.6. The number of benzene rings is 1. The highest BCUT2D eigenvalue weighted by Crippen LogP contribution is 2.30. The van der Waals surface area contributed by atoms with Crippen LogP contribution in [0.5, 0.6) is 0 Å². The lowest BCUT2D eigenvalue weighted by molar-refractivity contribution is 0.102. The van der Waals surface area contributed by atoms with Crippen molar-refractivity contribution >= 4 is 34.0 Å². The number of amides is 1. The third kappa shape index (κ3) is 3.17. The van der Waals surface area contributed by atoms with Crippen molar-refractivity contribution in [3.63, 3.8) is 0 Å². The standard InChI is InChI=1S/C22H18N6OS/c1-14-20-17(13-18(19-8-4-11-30-19)25-21(20)27(2)26-14)22(29)24-15-6-3-7-16(12-15)28-10-5-9-23-28/h3-13H,1-2H3,(H,24,29). The molecule has 1 aromatic carbocycles. The molecule has 0 aliphatic carbocycles. The molecule has 0 radical (unpaired) electrons. The number of nitrogens with one attached hydrogen (secondary N) is 1. The number of pyridine rings is 1. The number of nitrogens with zero attached hydrogens (tertiary/aromatic N) is 5. The smallest absolute Gasteiger partial charge is 0.256 e. The minimum absolute atomic E-state index is 0.200. The minimum atomic E-state index is -0.200. The van der Waals surface area contributed by atoms with E-state index in [1.165, 1.54) is 0 Å². The summed E-state index contributed by atoms with van der Waals surface area (Å²) in [5, 5.41) is 14.5. The van der Waals surface area contributed by atoms with Crippen LogP contribution in [-0.2, 0) is 7.05 Å². The lowest BCUT2D eigenvalue weighted by Crippen LogP contribution is -2.13. The van der Waals surface area contributed by atoms with Crippen LogP contribution in [0.15, 0.2) is 66.3 Å². The Kier molecular flexibility index (Phi) is 4.40. The zero-order valence-corrected chi connectivity index (χ0v) is 17.2. The van der Waals surface area contributed by atoms with Crippen LogP contribution in [0.1, 0.15) is 16.1 Å². The van der Waals surface area contributed by atoms with E-state index >= 15 is 0 Å². The molecule has 0 aliphatic rings. The minimum Gasteiger partial charge on any atom is -0.322 e. The molecule has 148 valence electrons. The molecule has 0 saturated heterocycles. The van der Waals surface area contributed by atoms with Gasteiger partial charge in [-0.15, -0.1) is 11.3 Å². The fourth-order valence-corrected chi connectivity index (χ4v) is 4.21.